The molecule has 116 valence electrons. The summed E-state index contributed by atoms with van der Waals surface area (Å²) in [6, 6.07) is 22.0. The van der Waals surface area contributed by atoms with Gasteiger partial charge in [0, 0.05) is 18.4 Å². The minimum absolute atomic E-state index is 0.358. The third kappa shape index (κ3) is 3.09. The number of aromatic amines is 1. The van der Waals surface area contributed by atoms with Gasteiger partial charge >= 0.3 is 5.69 Å². The van der Waals surface area contributed by atoms with Crippen LogP contribution < -0.4 is 21.6 Å². The van der Waals surface area contributed by atoms with Crippen molar-refractivity contribution in [3.8, 4) is 0 Å². The fourth-order valence-corrected chi connectivity index (χ4v) is 6.36. The summed E-state index contributed by atoms with van der Waals surface area (Å²) in [7, 11) is -2.15. The van der Waals surface area contributed by atoms with Crippen molar-refractivity contribution in [2.75, 3.05) is 0 Å². The number of hydrogen-bond acceptors (Lipinski definition) is 2. The summed E-state index contributed by atoms with van der Waals surface area (Å²) in [4.78, 5) is 25.7. The number of nitrogens with one attached hydrogen (secondary N) is 1. The number of rotatable bonds is 4. The maximum absolute atomic E-state index is 12.1. The van der Waals surface area contributed by atoms with Crippen molar-refractivity contribution >= 4 is 18.4 Å². The summed E-state index contributed by atoms with van der Waals surface area (Å²) in [5.41, 5.74) is -0.725. The predicted octanol–water partition coefficient (Wildman–Crippen LogP) is 0.969. The van der Waals surface area contributed by atoms with Crippen LogP contribution in [0.15, 0.2) is 82.5 Å². The van der Waals surface area contributed by atoms with Gasteiger partial charge in [0.05, 0.1) is 0 Å². The maximum atomic E-state index is 12.1. The quantitative estimate of drug-likeness (QED) is 0.728. The fourth-order valence-electron chi connectivity index (χ4n) is 2.87. The molecule has 0 spiro atoms. The van der Waals surface area contributed by atoms with Crippen LogP contribution in [0.1, 0.15) is 0 Å². The highest BCUT2D eigenvalue weighted by Crippen LogP contribution is 2.07. The average Bonchev–Trinajstić information content (AvgIpc) is 2.59. The first-order chi connectivity index (χ1) is 11.1. The molecule has 0 amide bonds. The van der Waals surface area contributed by atoms with Gasteiger partial charge in [0.1, 0.15) is 8.07 Å². The molecule has 0 aliphatic rings. The van der Waals surface area contributed by atoms with Crippen molar-refractivity contribution in [1.29, 1.82) is 0 Å². The van der Waals surface area contributed by atoms with Gasteiger partial charge in [0.2, 0.25) is 0 Å². The molecule has 0 unspecified atom stereocenters. The molecule has 0 aliphatic carbocycles. The standard InChI is InChI=1S/C18H18N2O2Si/c1-23(15-8-4-2-5-9-15,16-10-6-3-7-11-16)14-20-13-12-17(21)19-18(20)22/h2-13H,14H2,1H3,(H,19,21,22). The lowest BCUT2D eigenvalue weighted by molar-refractivity contribution is 0.763. The Hall–Kier alpha value is -2.66. The molecule has 3 rings (SSSR count). The Kier molecular flexibility index (Phi) is 4.12. The van der Waals surface area contributed by atoms with Crippen LogP contribution in [-0.2, 0) is 6.17 Å². The maximum Gasteiger partial charge on any atom is 0.328 e. The number of benzene rings is 2. The number of nitrogens with zero attached hydrogens (tertiary/aromatic N) is 1. The topological polar surface area (TPSA) is 54.9 Å². The molecule has 0 atom stereocenters. The van der Waals surface area contributed by atoms with E-state index in [4.69, 9.17) is 0 Å². The van der Waals surface area contributed by atoms with Crippen molar-refractivity contribution in [3.05, 3.63) is 93.8 Å². The summed E-state index contributed by atoms with van der Waals surface area (Å²) in [5, 5.41) is 2.51. The van der Waals surface area contributed by atoms with Crippen LogP contribution in [0, 0.1) is 0 Å². The second kappa shape index (κ2) is 6.22. The van der Waals surface area contributed by atoms with E-state index >= 15 is 0 Å². The summed E-state index contributed by atoms with van der Waals surface area (Å²) in [5.74, 6) is 0. The third-order valence-electron chi connectivity index (χ3n) is 4.21. The molecule has 23 heavy (non-hydrogen) atoms. The van der Waals surface area contributed by atoms with Gasteiger partial charge in [0.15, 0.2) is 0 Å². The summed E-state index contributed by atoms with van der Waals surface area (Å²) < 4.78 is 1.60. The highest BCUT2D eigenvalue weighted by atomic mass is 28.3. The van der Waals surface area contributed by atoms with E-state index in [1.54, 1.807) is 10.8 Å². The molecule has 2 aromatic carbocycles. The van der Waals surface area contributed by atoms with E-state index in [9.17, 15) is 9.59 Å². The molecule has 1 N–H and O–H groups in total. The molecule has 0 saturated heterocycles. The van der Waals surface area contributed by atoms with E-state index < -0.39 is 8.07 Å². The predicted molar refractivity (Wildman–Crippen MR) is 95.1 cm³/mol. The smallest absolute Gasteiger partial charge is 0.303 e. The Morgan fingerprint density at radius 2 is 1.39 bits per heavy atom. The molecule has 0 aliphatic heterocycles. The number of aromatic nitrogens is 2. The molecule has 1 aromatic heterocycles. The Labute approximate surface area is 135 Å². The fraction of sp³-hybridized carbons (Fsp3) is 0.111. The van der Waals surface area contributed by atoms with Gasteiger partial charge in [-0.2, -0.15) is 0 Å². The van der Waals surface area contributed by atoms with Crippen molar-refractivity contribution in [2.45, 2.75) is 12.7 Å². The van der Waals surface area contributed by atoms with Gasteiger partial charge in [-0.1, -0.05) is 77.6 Å². The minimum Gasteiger partial charge on any atom is -0.303 e. The van der Waals surface area contributed by atoms with E-state index in [2.05, 4.69) is 35.8 Å². The first-order valence-corrected chi connectivity index (χ1v) is 10.2. The molecule has 5 heteroatoms. The highest BCUT2D eigenvalue weighted by molar-refractivity contribution is 7.00. The van der Waals surface area contributed by atoms with Crippen molar-refractivity contribution in [2.24, 2.45) is 0 Å². The van der Waals surface area contributed by atoms with Gasteiger partial charge in [-0.15, -0.1) is 0 Å². The van der Waals surface area contributed by atoms with E-state index in [-0.39, 0.29) is 11.2 Å². The van der Waals surface area contributed by atoms with Gasteiger partial charge in [-0.05, 0) is 0 Å². The second-order valence-corrected chi connectivity index (χ2v) is 9.94. The van der Waals surface area contributed by atoms with Crippen LogP contribution in [0.3, 0.4) is 0 Å². The third-order valence-corrected chi connectivity index (χ3v) is 8.39. The van der Waals surface area contributed by atoms with Crippen LogP contribution in [0.25, 0.3) is 0 Å². The lowest BCUT2D eigenvalue weighted by atomic mass is 10.4. The highest BCUT2D eigenvalue weighted by Gasteiger charge is 2.32. The largest absolute Gasteiger partial charge is 0.328 e. The summed E-state index contributed by atoms with van der Waals surface area (Å²) in [6.07, 6.45) is 2.16. The number of H-pyrrole nitrogens is 1. The Morgan fingerprint density at radius 1 is 0.870 bits per heavy atom. The van der Waals surface area contributed by atoms with E-state index in [1.807, 2.05) is 36.4 Å². The average molecular weight is 322 g/mol. The normalized spacial score (nSPS) is 11.3. The molecular formula is C18H18N2O2Si. The molecule has 4 nitrogen and oxygen atoms in total. The Balaban J connectivity index is 2.13. The van der Waals surface area contributed by atoms with Crippen LogP contribution in [-0.4, -0.2) is 17.6 Å². The van der Waals surface area contributed by atoms with E-state index in [1.165, 1.54) is 16.4 Å². The SMILES string of the molecule is C[Si](Cn1ccc(=O)[nH]c1=O)(c1ccccc1)c1ccccc1. The molecule has 0 radical (unpaired) electrons. The molecule has 3 aromatic rings. The molecule has 0 saturated carbocycles. The zero-order valence-corrected chi connectivity index (χ0v) is 13.9. The molecule has 1 heterocycles. The molecule has 0 fully saturated rings. The summed E-state index contributed by atoms with van der Waals surface area (Å²) >= 11 is 0. The van der Waals surface area contributed by atoms with Crippen LogP contribution in [0.2, 0.25) is 6.55 Å². The van der Waals surface area contributed by atoms with Crippen molar-refractivity contribution in [1.82, 2.24) is 9.55 Å². The van der Waals surface area contributed by atoms with Gasteiger partial charge in [-0.25, -0.2) is 4.79 Å². The van der Waals surface area contributed by atoms with E-state index in [0.717, 1.165) is 0 Å². The molecule has 0 bridgehead atoms. The Morgan fingerprint density at radius 3 is 1.87 bits per heavy atom. The lowest BCUT2D eigenvalue weighted by Crippen LogP contribution is -2.60. The van der Waals surface area contributed by atoms with Crippen molar-refractivity contribution in [3.63, 3.8) is 0 Å². The molecular weight excluding hydrogens is 304 g/mol. The minimum atomic E-state index is -2.15. The summed E-state index contributed by atoms with van der Waals surface area (Å²) in [6.45, 7) is 2.25. The number of hydrogen-bond donors (Lipinski definition) is 1. The zero-order valence-electron chi connectivity index (χ0n) is 12.9. The van der Waals surface area contributed by atoms with Gasteiger partial charge in [-0.3, -0.25) is 9.78 Å². The van der Waals surface area contributed by atoms with E-state index in [0.29, 0.717) is 6.17 Å². The van der Waals surface area contributed by atoms with Gasteiger partial charge in [0.25, 0.3) is 5.56 Å². The first-order valence-electron chi connectivity index (χ1n) is 7.50. The Bertz CT molecular complexity index is 862. The second-order valence-electron chi connectivity index (χ2n) is 5.80. The van der Waals surface area contributed by atoms with Crippen LogP contribution in [0.4, 0.5) is 0 Å². The first kappa shape index (κ1) is 15.2. The van der Waals surface area contributed by atoms with Gasteiger partial charge < -0.3 is 4.57 Å². The van der Waals surface area contributed by atoms with Crippen LogP contribution >= 0.6 is 0 Å². The zero-order chi connectivity index (χ0) is 16.3. The lowest BCUT2D eigenvalue weighted by Gasteiger charge is -2.29. The van der Waals surface area contributed by atoms with Crippen LogP contribution in [0.5, 0.6) is 0 Å². The van der Waals surface area contributed by atoms with Crippen molar-refractivity contribution < 1.29 is 0 Å². The monoisotopic (exact) mass is 322 g/mol.